The van der Waals surface area contributed by atoms with Crippen LogP contribution in [-0.2, 0) is 10.4 Å². The molecule has 0 radical (unpaired) electrons. The van der Waals surface area contributed by atoms with Crippen LogP contribution in [0.3, 0.4) is 0 Å². The van der Waals surface area contributed by atoms with E-state index in [0.717, 1.165) is 5.69 Å². The monoisotopic (exact) mass is 273 g/mol. The van der Waals surface area contributed by atoms with Crippen molar-refractivity contribution in [3.8, 4) is 0 Å². The van der Waals surface area contributed by atoms with Crippen LogP contribution in [-0.4, -0.2) is 35.8 Å². The van der Waals surface area contributed by atoms with Gasteiger partial charge < -0.3 is 15.0 Å². The van der Waals surface area contributed by atoms with Gasteiger partial charge in [-0.1, -0.05) is 18.2 Å². The van der Waals surface area contributed by atoms with Gasteiger partial charge in [0.25, 0.3) is 0 Å². The maximum atomic E-state index is 8.63. The number of nitrogens with one attached hydrogen (secondary N) is 1. The summed E-state index contributed by atoms with van der Waals surface area (Å²) < 4.78 is 32.8. The van der Waals surface area contributed by atoms with Gasteiger partial charge in [0.15, 0.2) is 0 Å². The van der Waals surface area contributed by atoms with Gasteiger partial charge in [0.2, 0.25) is 10.4 Å². The standard InChI is InChI=1S/C8H11NO.K.H2O4S/c10-7-6-9-8-4-2-1-3-5-8;;1-5(2,3)4/h1-5,9-10H,6-7H2;;(H2,1,2,3,4)/q;+1;/p-1. The van der Waals surface area contributed by atoms with Crippen LogP contribution < -0.4 is 56.7 Å². The fraction of sp³-hybridized carbons (Fsp3) is 0.250. The van der Waals surface area contributed by atoms with E-state index in [2.05, 4.69) is 5.32 Å². The van der Waals surface area contributed by atoms with Crippen molar-refractivity contribution in [2.75, 3.05) is 18.5 Å². The van der Waals surface area contributed by atoms with Gasteiger partial charge in [-0.05, 0) is 12.1 Å². The summed E-state index contributed by atoms with van der Waals surface area (Å²) >= 11 is 0. The Morgan fingerprint density at radius 2 is 1.69 bits per heavy atom. The van der Waals surface area contributed by atoms with Crippen LogP contribution in [0.4, 0.5) is 5.69 Å². The van der Waals surface area contributed by atoms with Crippen LogP contribution in [0.15, 0.2) is 30.3 Å². The van der Waals surface area contributed by atoms with Gasteiger partial charge in [-0.25, -0.2) is 8.42 Å². The molecular weight excluding hydrogens is 261 g/mol. The normalized spacial score (nSPS) is 9.44. The van der Waals surface area contributed by atoms with E-state index in [4.69, 9.17) is 22.6 Å². The molecule has 0 atom stereocenters. The van der Waals surface area contributed by atoms with Crippen molar-refractivity contribution >= 4 is 16.1 Å². The molecule has 16 heavy (non-hydrogen) atoms. The second kappa shape index (κ2) is 10.6. The van der Waals surface area contributed by atoms with Crippen molar-refractivity contribution in [3.05, 3.63) is 30.3 Å². The zero-order valence-corrected chi connectivity index (χ0v) is 12.8. The molecule has 3 N–H and O–H groups in total. The van der Waals surface area contributed by atoms with Crippen molar-refractivity contribution in [2.45, 2.75) is 0 Å². The quantitative estimate of drug-likeness (QED) is 0.310. The van der Waals surface area contributed by atoms with E-state index >= 15 is 0 Å². The van der Waals surface area contributed by atoms with Crippen LogP contribution in [0.25, 0.3) is 0 Å². The Balaban J connectivity index is 0. The molecule has 0 saturated carbocycles. The van der Waals surface area contributed by atoms with E-state index in [0.29, 0.717) is 6.54 Å². The molecule has 6 nitrogen and oxygen atoms in total. The summed E-state index contributed by atoms with van der Waals surface area (Å²) in [6.07, 6.45) is 0. The minimum atomic E-state index is -4.92. The minimum Gasteiger partial charge on any atom is -0.726 e. The minimum absolute atomic E-state index is 0. The van der Waals surface area contributed by atoms with Gasteiger partial charge in [-0.15, -0.1) is 0 Å². The van der Waals surface area contributed by atoms with Gasteiger partial charge in [-0.3, -0.25) is 4.55 Å². The third-order valence-electron chi connectivity index (χ3n) is 1.21. The van der Waals surface area contributed by atoms with E-state index in [-0.39, 0.29) is 58.0 Å². The molecule has 0 unspecified atom stereocenters. The summed E-state index contributed by atoms with van der Waals surface area (Å²) in [5.74, 6) is 0. The maximum absolute atomic E-state index is 8.63. The summed E-state index contributed by atoms with van der Waals surface area (Å²) in [6, 6.07) is 9.81. The Morgan fingerprint density at radius 1 is 1.25 bits per heavy atom. The molecule has 0 aliphatic carbocycles. The van der Waals surface area contributed by atoms with Gasteiger partial charge in [-0.2, -0.15) is 0 Å². The van der Waals surface area contributed by atoms with Crippen molar-refractivity contribution in [1.82, 2.24) is 0 Å². The Bertz CT molecular complexity index is 348. The first kappa shape index (κ1) is 18.8. The molecule has 0 spiro atoms. The number of aliphatic hydroxyl groups is 1. The topological polar surface area (TPSA) is 110 Å². The zero-order valence-electron chi connectivity index (χ0n) is 8.83. The van der Waals surface area contributed by atoms with E-state index in [9.17, 15) is 0 Å². The van der Waals surface area contributed by atoms with Crippen LogP contribution in [0.1, 0.15) is 0 Å². The summed E-state index contributed by atoms with van der Waals surface area (Å²) in [7, 11) is -4.92. The first-order valence-electron chi connectivity index (χ1n) is 4.01. The number of para-hydroxylation sites is 1. The van der Waals surface area contributed by atoms with E-state index in [1.54, 1.807) is 0 Å². The molecule has 0 saturated heterocycles. The van der Waals surface area contributed by atoms with Gasteiger partial charge >= 0.3 is 51.4 Å². The molecule has 1 aromatic rings. The molecule has 0 fully saturated rings. The number of rotatable bonds is 3. The Kier molecular flexibility index (Phi) is 12.5. The van der Waals surface area contributed by atoms with Gasteiger partial charge in [0.05, 0.1) is 6.61 Å². The van der Waals surface area contributed by atoms with E-state index in [1.165, 1.54) is 0 Å². The fourth-order valence-corrected chi connectivity index (χ4v) is 0.756. The predicted molar refractivity (Wildman–Crippen MR) is 54.3 cm³/mol. The average Bonchev–Trinajstić information content (AvgIpc) is 2.14. The largest absolute Gasteiger partial charge is 1.00 e. The first-order chi connectivity index (χ1) is 6.93. The molecule has 86 valence electrons. The number of hydrogen-bond donors (Lipinski definition) is 3. The van der Waals surface area contributed by atoms with Crippen LogP contribution in [0, 0.1) is 0 Å². The fourth-order valence-electron chi connectivity index (χ4n) is 0.756. The van der Waals surface area contributed by atoms with Crippen LogP contribution in [0.2, 0.25) is 0 Å². The molecule has 0 aromatic heterocycles. The van der Waals surface area contributed by atoms with Crippen molar-refractivity contribution in [3.63, 3.8) is 0 Å². The number of aliphatic hydroxyl groups excluding tert-OH is 1. The molecule has 0 aliphatic heterocycles. The third-order valence-corrected chi connectivity index (χ3v) is 1.21. The smallest absolute Gasteiger partial charge is 0.726 e. The van der Waals surface area contributed by atoms with Crippen molar-refractivity contribution < 1.29 is 74.0 Å². The SMILES string of the molecule is O=S(=O)([O-])O.OCCNc1ccccc1.[K+]. The third kappa shape index (κ3) is 16.9. The number of hydrogen-bond acceptors (Lipinski definition) is 5. The van der Waals surface area contributed by atoms with Crippen LogP contribution >= 0.6 is 0 Å². The second-order valence-electron chi connectivity index (χ2n) is 2.44. The Hall–Kier alpha value is 0.486. The number of anilines is 1. The molecule has 0 aliphatic rings. The molecular formula is C8H12KNO5S. The molecule has 0 heterocycles. The zero-order chi connectivity index (χ0) is 11.7. The van der Waals surface area contributed by atoms with E-state index < -0.39 is 10.4 Å². The second-order valence-corrected chi connectivity index (χ2v) is 3.30. The summed E-state index contributed by atoms with van der Waals surface area (Å²) in [5, 5.41) is 11.5. The Labute approximate surface area is 137 Å². The Morgan fingerprint density at radius 3 is 2.06 bits per heavy atom. The maximum Gasteiger partial charge on any atom is 1.00 e. The summed E-state index contributed by atoms with van der Waals surface area (Å²) in [5.41, 5.74) is 1.05. The van der Waals surface area contributed by atoms with Crippen molar-refractivity contribution in [1.29, 1.82) is 0 Å². The van der Waals surface area contributed by atoms with Gasteiger partial charge in [0, 0.05) is 12.2 Å². The average molecular weight is 273 g/mol. The van der Waals surface area contributed by atoms with Crippen molar-refractivity contribution in [2.24, 2.45) is 0 Å². The predicted octanol–water partition coefficient (Wildman–Crippen LogP) is -2.90. The summed E-state index contributed by atoms with van der Waals surface area (Å²) in [6.45, 7) is 0.791. The molecule has 0 amide bonds. The molecule has 8 heteroatoms. The number of benzene rings is 1. The molecule has 1 rings (SSSR count). The summed E-state index contributed by atoms with van der Waals surface area (Å²) in [4.78, 5) is 0. The molecule has 0 bridgehead atoms. The van der Waals surface area contributed by atoms with Gasteiger partial charge in [0.1, 0.15) is 0 Å². The molecule has 1 aromatic carbocycles. The van der Waals surface area contributed by atoms with Crippen LogP contribution in [0.5, 0.6) is 0 Å². The van der Waals surface area contributed by atoms with E-state index in [1.807, 2.05) is 30.3 Å². The first-order valence-corrected chi connectivity index (χ1v) is 5.38.